The van der Waals surface area contributed by atoms with Crippen LogP contribution >= 0.6 is 33.9 Å². The average molecular weight is 409 g/mol. The Balaban J connectivity index is 1.73. The first-order valence-electron chi connectivity index (χ1n) is 6.28. The summed E-state index contributed by atoms with van der Waals surface area (Å²) in [5.74, 6) is 0.747. The van der Waals surface area contributed by atoms with Gasteiger partial charge >= 0.3 is 0 Å². The second-order valence-electron chi connectivity index (χ2n) is 4.33. The molecule has 106 valence electrons. The predicted molar refractivity (Wildman–Crippen MR) is 94.8 cm³/mol. The van der Waals surface area contributed by atoms with Crippen LogP contribution in [0.2, 0.25) is 0 Å². The highest BCUT2D eigenvalue weighted by molar-refractivity contribution is 14.1. The van der Waals surface area contributed by atoms with Crippen molar-refractivity contribution in [2.75, 3.05) is 5.43 Å². The smallest absolute Gasteiger partial charge is 0.203 e. The van der Waals surface area contributed by atoms with Crippen LogP contribution in [-0.2, 0) is 0 Å². The average Bonchev–Trinajstić information content (AvgIpc) is 3.17. The van der Waals surface area contributed by atoms with Crippen molar-refractivity contribution in [3.05, 3.63) is 57.4 Å². The van der Waals surface area contributed by atoms with Crippen molar-refractivity contribution in [2.24, 2.45) is 5.10 Å². The zero-order chi connectivity index (χ0) is 14.7. The fourth-order valence-electron chi connectivity index (χ4n) is 1.75. The molecule has 0 saturated heterocycles. The van der Waals surface area contributed by atoms with E-state index < -0.39 is 0 Å². The number of hydrogen-bond donors (Lipinski definition) is 1. The fourth-order valence-corrected chi connectivity index (χ4v) is 2.77. The second-order valence-corrected chi connectivity index (χ2v) is 6.43. The molecule has 0 bridgehead atoms. The van der Waals surface area contributed by atoms with E-state index >= 15 is 0 Å². The number of furan rings is 1. The number of anilines is 1. The third-order valence-electron chi connectivity index (χ3n) is 2.84. The summed E-state index contributed by atoms with van der Waals surface area (Å²) < 4.78 is 6.49. The van der Waals surface area contributed by atoms with Crippen molar-refractivity contribution >= 4 is 44.8 Å². The number of hydrazone groups is 1. The van der Waals surface area contributed by atoms with E-state index in [9.17, 15) is 0 Å². The number of rotatable bonds is 4. The van der Waals surface area contributed by atoms with Crippen molar-refractivity contribution in [1.29, 1.82) is 0 Å². The Morgan fingerprint density at radius 3 is 2.81 bits per heavy atom. The molecule has 3 aromatic rings. The zero-order valence-corrected chi connectivity index (χ0v) is 14.2. The van der Waals surface area contributed by atoms with Gasteiger partial charge in [0.25, 0.3) is 0 Å². The standard InChI is InChI=1S/C15H12IN3OS/c1-10(14-3-2-8-20-14)18-19-15-17-13(9-21-15)11-4-6-12(16)7-5-11/h2-9H,1H3,(H,17,19)/b18-10-. The molecule has 0 fully saturated rings. The maximum Gasteiger partial charge on any atom is 0.203 e. The van der Waals surface area contributed by atoms with Gasteiger partial charge in [-0.25, -0.2) is 4.98 Å². The number of nitrogens with zero attached hydrogens (tertiary/aromatic N) is 2. The second kappa shape index (κ2) is 6.40. The van der Waals surface area contributed by atoms with Crippen LogP contribution in [0, 0.1) is 3.57 Å². The number of hydrogen-bond acceptors (Lipinski definition) is 5. The van der Waals surface area contributed by atoms with Crippen molar-refractivity contribution in [3.63, 3.8) is 0 Å². The first kappa shape index (κ1) is 14.3. The van der Waals surface area contributed by atoms with Gasteiger partial charge in [-0.1, -0.05) is 12.1 Å². The summed E-state index contributed by atoms with van der Waals surface area (Å²) >= 11 is 3.82. The Morgan fingerprint density at radius 2 is 2.10 bits per heavy atom. The number of aromatic nitrogens is 1. The lowest BCUT2D eigenvalue weighted by Gasteiger charge is -1.98. The van der Waals surface area contributed by atoms with Crippen LogP contribution < -0.4 is 5.43 Å². The Hall–Kier alpha value is -1.67. The Kier molecular flexibility index (Phi) is 4.35. The summed E-state index contributed by atoms with van der Waals surface area (Å²) in [4.78, 5) is 4.53. The molecule has 0 unspecified atom stereocenters. The minimum Gasteiger partial charge on any atom is -0.463 e. The molecule has 2 heterocycles. The van der Waals surface area contributed by atoms with Gasteiger partial charge in [0.15, 0.2) is 0 Å². The normalized spacial score (nSPS) is 11.6. The van der Waals surface area contributed by atoms with E-state index in [2.05, 4.69) is 62.4 Å². The molecule has 3 rings (SSSR count). The highest BCUT2D eigenvalue weighted by Crippen LogP contribution is 2.25. The van der Waals surface area contributed by atoms with Crippen LogP contribution in [0.5, 0.6) is 0 Å². The summed E-state index contributed by atoms with van der Waals surface area (Å²) in [6, 6.07) is 12.0. The van der Waals surface area contributed by atoms with Crippen LogP contribution in [0.25, 0.3) is 11.3 Å². The van der Waals surface area contributed by atoms with Crippen LogP contribution in [0.15, 0.2) is 57.6 Å². The van der Waals surface area contributed by atoms with Gasteiger partial charge < -0.3 is 4.42 Å². The monoisotopic (exact) mass is 409 g/mol. The number of benzene rings is 1. The summed E-state index contributed by atoms with van der Waals surface area (Å²) in [5, 5.41) is 7.05. The molecule has 0 radical (unpaired) electrons. The molecule has 0 amide bonds. The lowest BCUT2D eigenvalue weighted by atomic mass is 10.2. The topological polar surface area (TPSA) is 50.4 Å². The van der Waals surface area contributed by atoms with Crippen LogP contribution in [-0.4, -0.2) is 10.7 Å². The third kappa shape index (κ3) is 3.51. The molecule has 2 aromatic heterocycles. The van der Waals surface area contributed by atoms with E-state index in [4.69, 9.17) is 4.42 Å². The van der Waals surface area contributed by atoms with Gasteiger partial charge in [0, 0.05) is 14.5 Å². The molecule has 0 aliphatic carbocycles. The van der Waals surface area contributed by atoms with Crippen LogP contribution in [0.1, 0.15) is 12.7 Å². The molecule has 1 aromatic carbocycles. The van der Waals surface area contributed by atoms with Gasteiger partial charge in [0.2, 0.25) is 5.13 Å². The van der Waals surface area contributed by atoms with Crippen molar-refractivity contribution < 1.29 is 4.42 Å². The highest BCUT2D eigenvalue weighted by Gasteiger charge is 2.05. The largest absolute Gasteiger partial charge is 0.463 e. The van der Waals surface area contributed by atoms with Gasteiger partial charge in [-0.05, 0) is 53.8 Å². The van der Waals surface area contributed by atoms with Gasteiger partial charge in [-0.3, -0.25) is 5.43 Å². The minimum absolute atomic E-state index is 0.747. The predicted octanol–water partition coefficient (Wildman–Crippen LogP) is 4.84. The SMILES string of the molecule is C/C(=N/Nc1nc(-c2ccc(I)cc2)cs1)c1ccco1. The summed E-state index contributed by atoms with van der Waals surface area (Å²) in [5.41, 5.74) is 5.80. The Morgan fingerprint density at radius 1 is 1.29 bits per heavy atom. The maximum atomic E-state index is 5.28. The molecule has 4 nitrogen and oxygen atoms in total. The molecule has 21 heavy (non-hydrogen) atoms. The fraction of sp³-hybridized carbons (Fsp3) is 0.0667. The quantitative estimate of drug-likeness (QED) is 0.381. The van der Waals surface area contributed by atoms with Gasteiger partial charge in [0.05, 0.1) is 12.0 Å². The van der Waals surface area contributed by atoms with E-state index in [1.165, 1.54) is 14.9 Å². The molecule has 6 heteroatoms. The van der Waals surface area contributed by atoms with Crippen molar-refractivity contribution in [3.8, 4) is 11.3 Å². The molecule has 0 aliphatic rings. The van der Waals surface area contributed by atoms with Gasteiger partial charge in [0.1, 0.15) is 11.5 Å². The van der Waals surface area contributed by atoms with Crippen LogP contribution in [0.3, 0.4) is 0 Å². The van der Waals surface area contributed by atoms with Gasteiger partial charge in [-0.2, -0.15) is 5.10 Å². The van der Waals surface area contributed by atoms with E-state index in [0.29, 0.717) is 0 Å². The van der Waals surface area contributed by atoms with Crippen molar-refractivity contribution in [1.82, 2.24) is 4.98 Å². The molecule has 0 atom stereocenters. The highest BCUT2D eigenvalue weighted by atomic mass is 127. The molecule has 0 aliphatic heterocycles. The molecule has 0 saturated carbocycles. The first-order valence-corrected chi connectivity index (χ1v) is 8.24. The van der Waals surface area contributed by atoms with E-state index in [0.717, 1.165) is 27.9 Å². The van der Waals surface area contributed by atoms with Crippen LogP contribution in [0.4, 0.5) is 5.13 Å². The summed E-state index contributed by atoms with van der Waals surface area (Å²) in [6.45, 7) is 1.89. The molecule has 0 spiro atoms. The van der Waals surface area contributed by atoms with E-state index in [-0.39, 0.29) is 0 Å². The lowest BCUT2D eigenvalue weighted by molar-refractivity contribution is 0.557. The first-order chi connectivity index (χ1) is 10.2. The molecule has 1 N–H and O–H groups in total. The third-order valence-corrected chi connectivity index (χ3v) is 4.31. The van der Waals surface area contributed by atoms with E-state index in [1.54, 1.807) is 6.26 Å². The number of nitrogens with one attached hydrogen (secondary N) is 1. The number of thiazole rings is 1. The molecular formula is C15H12IN3OS. The lowest BCUT2D eigenvalue weighted by Crippen LogP contribution is -1.97. The maximum absolute atomic E-state index is 5.28. The van der Waals surface area contributed by atoms with Gasteiger partial charge in [-0.15, -0.1) is 11.3 Å². The minimum atomic E-state index is 0.747. The Bertz CT molecular complexity index is 748. The number of halogens is 1. The Labute approximate surface area is 140 Å². The summed E-state index contributed by atoms with van der Waals surface area (Å²) in [6.07, 6.45) is 1.63. The van der Waals surface area contributed by atoms with Crippen molar-refractivity contribution in [2.45, 2.75) is 6.92 Å². The zero-order valence-electron chi connectivity index (χ0n) is 11.2. The van der Waals surface area contributed by atoms with E-state index in [1.807, 2.05) is 24.4 Å². The summed E-state index contributed by atoms with van der Waals surface area (Å²) in [7, 11) is 0. The molecular weight excluding hydrogens is 397 g/mol.